The van der Waals surface area contributed by atoms with Gasteiger partial charge in [0, 0.05) is 11.4 Å². The molecule has 0 aliphatic rings. The van der Waals surface area contributed by atoms with Gasteiger partial charge in [-0.3, -0.25) is 4.79 Å². The molecule has 0 spiro atoms. The van der Waals surface area contributed by atoms with Gasteiger partial charge < -0.3 is 4.90 Å². The van der Waals surface area contributed by atoms with Crippen LogP contribution in [0.1, 0.15) is 31.1 Å². The van der Waals surface area contributed by atoms with E-state index in [-0.39, 0.29) is 17.1 Å². The van der Waals surface area contributed by atoms with Crippen LogP contribution >= 0.6 is 23.4 Å². The first kappa shape index (κ1) is 19.2. The van der Waals surface area contributed by atoms with Crippen molar-refractivity contribution in [1.29, 1.82) is 0 Å². The second-order valence-electron chi connectivity index (χ2n) is 6.18. The summed E-state index contributed by atoms with van der Waals surface area (Å²) < 4.78 is 38.3. The predicted molar refractivity (Wildman–Crippen MR) is 84.6 cm³/mol. The molecule has 0 unspecified atom stereocenters. The molecular formula is C15H19ClF3NOS. The van der Waals surface area contributed by atoms with Crippen molar-refractivity contribution in [2.75, 3.05) is 19.3 Å². The number of alkyl halides is 3. The van der Waals surface area contributed by atoms with E-state index in [9.17, 15) is 18.0 Å². The highest BCUT2D eigenvalue weighted by Crippen LogP contribution is 2.27. The summed E-state index contributed by atoms with van der Waals surface area (Å²) in [6.07, 6.45) is -2.63. The molecule has 0 saturated carbocycles. The van der Waals surface area contributed by atoms with Crippen molar-refractivity contribution in [3.63, 3.8) is 0 Å². The van der Waals surface area contributed by atoms with Gasteiger partial charge in [-0.1, -0.05) is 32.4 Å². The Hall–Kier alpha value is -0.880. The SMILES string of the molecule is CSc1ccc(Cl)c(C(=O)N(CC(C)(C)C)CC(F)(F)F)c1. The molecule has 0 fully saturated rings. The van der Waals surface area contributed by atoms with Gasteiger partial charge in [0.05, 0.1) is 10.6 Å². The van der Waals surface area contributed by atoms with E-state index >= 15 is 0 Å². The standard InChI is InChI=1S/C15H19ClF3NOS/c1-14(2,3)8-20(9-15(17,18)19)13(21)11-7-10(22-4)5-6-12(11)16/h5-7H,8-9H2,1-4H3. The first-order valence-corrected chi connectivity index (χ1v) is 8.23. The minimum absolute atomic E-state index is 0.00876. The van der Waals surface area contributed by atoms with Gasteiger partial charge in [0.1, 0.15) is 6.54 Å². The molecule has 1 amide bonds. The Kier molecular flexibility index (Phi) is 6.21. The summed E-state index contributed by atoms with van der Waals surface area (Å²) in [5.41, 5.74) is -0.355. The summed E-state index contributed by atoms with van der Waals surface area (Å²) in [4.78, 5) is 14.1. The summed E-state index contributed by atoms with van der Waals surface area (Å²) in [6.45, 7) is 4.05. The van der Waals surface area contributed by atoms with Gasteiger partial charge in [-0.15, -0.1) is 11.8 Å². The van der Waals surface area contributed by atoms with Gasteiger partial charge in [-0.2, -0.15) is 13.2 Å². The van der Waals surface area contributed by atoms with Crippen molar-refractivity contribution in [3.05, 3.63) is 28.8 Å². The molecule has 22 heavy (non-hydrogen) atoms. The third kappa shape index (κ3) is 6.08. The van der Waals surface area contributed by atoms with Crippen molar-refractivity contribution in [1.82, 2.24) is 4.90 Å². The predicted octanol–water partition coefficient (Wildman–Crippen LogP) is 5.11. The zero-order valence-corrected chi connectivity index (χ0v) is 14.5. The maximum atomic E-state index is 12.8. The Morgan fingerprint density at radius 3 is 2.27 bits per heavy atom. The van der Waals surface area contributed by atoms with Crippen LogP contribution in [0.15, 0.2) is 23.1 Å². The van der Waals surface area contributed by atoms with Crippen LogP contribution in [0, 0.1) is 5.41 Å². The molecule has 0 bridgehead atoms. The van der Waals surface area contributed by atoms with Gasteiger partial charge >= 0.3 is 6.18 Å². The van der Waals surface area contributed by atoms with Gasteiger partial charge in [0.2, 0.25) is 0 Å². The number of benzene rings is 1. The van der Waals surface area contributed by atoms with E-state index in [1.807, 2.05) is 6.26 Å². The lowest BCUT2D eigenvalue weighted by atomic mass is 9.95. The molecule has 0 radical (unpaired) electrons. The molecule has 0 aliphatic carbocycles. The van der Waals surface area contributed by atoms with Crippen molar-refractivity contribution >= 4 is 29.3 Å². The van der Waals surface area contributed by atoms with Crippen LogP contribution in [0.4, 0.5) is 13.2 Å². The fourth-order valence-corrected chi connectivity index (χ4v) is 2.59. The average molecular weight is 354 g/mol. The van der Waals surface area contributed by atoms with Crippen LogP contribution in [0.5, 0.6) is 0 Å². The number of nitrogens with zero attached hydrogens (tertiary/aromatic N) is 1. The molecule has 1 aromatic rings. The Morgan fingerprint density at radius 1 is 1.23 bits per heavy atom. The molecule has 0 atom stereocenters. The quantitative estimate of drug-likeness (QED) is 0.701. The number of hydrogen-bond acceptors (Lipinski definition) is 2. The van der Waals surface area contributed by atoms with Gasteiger partial charge in [-0.25, -0.2) is 0 Å². The highest BCUT2D eigenvalue weighted by atomic mass is 35.5. The van der Waals surface area contributed by atoms with E-state index in [0.717, 1.165) is 9.80 Å². The second-order valence-corrected chi connectivity index (χ2v) is 7.47. The summed E-state index contributed by atoms with van der Waals surface area (Å²) >= 11 is 7.39. The van der Waals surface area contributed by atoms with Gasteiger partial charge in [-0.05, 0) is 29.9 Å². The lowest BCUT2D eigenvalue weighted by Gasteiger charge is -2.31. The summed E-state index contributed by atoms with van der Waals surface area (Å²) in [6, 6.07) is 4.78. The van der Waals surface area contributed by atoms with Crippen LogP contribution in [0.3, 0.4) is 0 Å². The number of amides is 1. The number of rotatable bonds is 4. The average Bonchev–Trinajstić information content (AvgIpc) is 2.34. The lowest BCUT2D eigenvalue weighted by molar-refractivity contribution is -0.142. The van der Waals surface area contributed by atoms with E-state index in [4.69, 9.17) is 11.6 Å². The van der Waals surface area contributed by atoms with Crippen LogP contribution in [-0.2, 0) is 0 Å². The minimum atomic E-state index is -4.45. The molecule has 1 rings (SSSR count). The molecule has 0 aliphatic heterocycles. The number of carbonyl (C=O) groups is 1. The fourth-order valence-electron chi connectivity index (χ4n) is 1.95. The normalized spacial score (nSPS) is 12.4. The third-order valence-electron chi connectivity index (χ3n) is 2.73. The van der Waals surface area contributed by atoms with Crippen molar-refractivity contribution in [2.45, 2.75) is 31.8 Å². The van der Waals surface area contributed by atoms with Crippen molar-refractivity contribution in [3.8, 4) is 0 Å². The van der Waals surface area contributed by atoms with E-state index in [1.54, 1.807) is 26.8 Å². The lowest BCUT2D eigenvalue weighted by Crippen LogP contribution is -2.43. The molecule has 1 aromatic carbocycles. The van der Waals surface area contributed by atoms with Crippen LogP contribution in [0.2, 0.25) is 5.02 Å². The third-order valence-corrected chi connectivity index (χ3v) is 3.78. The van der Waals surface area contributed by atoms with Crippen molar-refractivity contribution < 1.29 is 18.0 Å². The summed E-state index contributed by atoms with van der Waals surface area (Å²) in [5, 5.41) is 0.156. The number of carbonyl (C=O) groups excluding carboxylic acids is 1. The first-order chi connectivity index (χ1) is 9.93. The maximum Gasteiger partial charge on any atom is 0.406 e. The maximum absolute atomic E-state index is 12.8. The number of thioether (sulfide) groups is 1. The molecule has 124 valence electrons. The topological polar surface area (TPSA) is 20.3 Å². The van der Waals surface area contributed by atoms with E-state index in [1.165, 1.54) is 23.9 Å². The van der Waals surface area contributed by atoms with Gasteiger partial charge in [0.15, 0.2) is 0 Å². The highest BCUT2D eigenvalue weighted by Gasteiger charge is 2.35. The Labute approximate surface area is 138 Å². The van der Waals surface area contributed by atoms with E-state index < -0.39 is 24.0 Å². The second kappa shape index (κ2) is 7.13. The van der Waals surface area contributed by atoms with E-state index in [2.05, 4.69) is 0 Å². The van der Waals surface area contributed by atoms with E-state index in [0.29, 0.717) is 0 Å². The fraction of sp³-hybridized carbons (Fsp3) is 0.533. The molecule has 0 N–H and O–H groups in total. The Balaban J connectivity index is 3.15. The number of halogens is 4. The summed E-state index contributed by atoms with van der Waals surface area (Å²) in [5.74, 6) is -0.701. The van der Waals surface area contributed by atoms with Crippen LogP contribution in [-0.4, -0.2) is 36.3 Å². The first-order valence-electron chi connectivity index (χ1n) is 6.62. The number of hydrogen-bond donors (Lipinski definition) is 0. The highest BCUT2D eigenvalue weighted by molar-refractivity contribution is 7.98. The van der Waals surface area contributed by atoms with Gasteiger partial charge in [0.25, 0.3) is 5.91 Å². The largest absolute Gasteiger partial charge is 0.406 e. The summed E-state index contributed by atoms with van der Waals surface area (Å²) in [7, 11) is 0. The Morgan fingerprint density at radius 2 is 1.82 bits per heavy atom. The monoisotopic (exact) mass is 353 g/mol. The molecule has 7 heteroatoms. The van der Waals surface area contributed by atoms with Crippen molar-refractivity contribution in [2.24, 2.45) is 5.41 Å². The molecule has 2 nitrogen and oxygen atoms in total. The molecule has 0 heterocycles. The smallest absolute Gasteiger partial charge is 0.329 e. The minimum Gasteiger partial charge on any atom is -0.329 e. The molecular weight excluding hydrogens is 335 g/mol. The zero-order valence-electron chi connectivity index (χ0n) is 12.9. The Bertz CT molecular complexity index is 525. The molecule has 0 saturated heterocycles. The zero-order chi connectivity index (χ0) is 17.1. The van der Waals surface area contributed by atoms with Crippen LogP contribution < -0.4 is 0 Å². The molecule has 0 aromatic heterocycles. The van der Waals surface area contributed by atoms with Crippen LogP contribution in [0.25, 0.3) is 0 Å².